The van der Waals surface area contributed by atoms with E-state index in [1.165, 1.54) is 6.07 Å². The smallest absolute Gasteiger partial charge is 0.253 e. The number of nitrogens with one attached hydrogen (secondary N) is 1. The van der Waals surface area contributed by atoms with Crippen LogP contribution in [-0.4, -0.2) is 34.8 Å². The van der Waals surface area contributed by atoms with Crippen molar-refractivity contribution in [2.24, 2.45) is 11.8 Å². The van der Waals surface area contributed by atoms with Gasteiger partial charge in [0, 0.05) is 42.2 Å². The van der Waals surface area contributed by atoms with Crippen molar-refractivity contribution >= 4 is 22.9 Å². The van der Waals surface area contributed by atoms with Crippen LogP contribution in [0.1, 0.15) is 35.7 Å². The lowest BCUT2D eigenvalue weighted by Gasteiger charge is -2.34. The topological polar surface area (TPSA) is 75.4 Å². The molecule has 4 aromatic rings. The molecule has 1 unspecified atom stereocenters. The van der Waals surface area contributed by atoms with Gasteiger partial charge in [0.05, 0.1) is 0 Å². The summed E-state index contributed by atoms with van der Waals surface area (Å²) < 4.78 is 19.7. The number of piperidine rings is 1. The highest BCUT2D eigenvalue weighted by Crippen LogP contribution is 2.28. The number of rotatable bonds is 6. The summed E-state index contributed by atoms with van der Waals surface area (Å²) in [4.78, 5) is 32.2. The van der Waals surface area contributed by atoms with Gasteiger partial charge in [0.2, 0.25) is 11.8 Å². The molecule has 36 heavy (non-hydrogen) atoms. The SMILES string of the molecule is CC(C(=O)NCc1ccccc1F)C1CCN(C(=O)c2ccc3nc(-c4ccccc4)oc3c2)CC1. The summed E-state index contributed by atoms with van der Waals surface area (Å²) in [6.07, 6.45) is 1.48. The average Bonchev–Trinajstić information content (AvgIpc) is 3.36. The Morgan fingerprint density at radius 3 is 2.53 bits per heavy atom. The number of likely N-dealkylation sites (tertiary alicyclic amines) is 1. The van der Waals surface area contributed by atoms with Crippen LogP contribution in [-0.2, 0) is 11.3 Å². The van der Waals surface area contributed by atoms with Gasteiger partial charge in [-0.15, -0.1) is 0 Å². The first-order valence-electron chi connectivity index (χ1n) is 12.3. The van der Waals surface area contributed by atoms with Crippen LogP contribution < -0.4 is 5.32 Å². The molecule has 184 valence electrons. The third-order valence-corrected chi connectivity index (χ3v) is 7.01. The van der Waals surface area contributed by atoms with Crippen LogP contribution in [0.2, 0.25) is 0 Å². The quantitative estimate of drug-likeness (QED) is 0.395. The fraction of sp³-hybridized carbons (Fsp3) is 0.276. The summed E-state index contributed by atoms with van der Waals surface area (Å²) in [5, 5.41) is 2.85. The number of fused-ring (bicyclic) bond motifs is 1. The molecule has 3 aromatic carbocycles. The van der Waals surface area contributed by atoms with Crippen LogP contribution >= 0.6 is 0 Å². The van der Waals surface area contributed by atoms with Crippen molar-refractivity contribution in [3.63, 3.8) is 0 Å². The highest BCUT2D eigenvalue weighted by atomic mass is 19.1. The van der Waals surface area contributed by atoms with Crippen LogP contribution in [0.3, 0.4) is 0 Å². The van der Waals surface area contributed by atoms with E-state index in [0.29, 0.717) is 41.2 Å². The number of aromatic nitrogens is 1. The first-order valence-corrected chi connectivity index (χ1v) is 12.3. The van der Waals surface area contributed by atoms with Gasteiger partial charge in [-0.1, -0.05) is 43.3 Å². The Labute approximate surface area is 209 Å². The van der Waals surface area contributed by atoms with Gasteiger partial charge in [-0.25, -0.2) is 9.37 Å². The molecular weight excluding hydrogens is 457 g/mol. The van der Waals surface area contributed by atoms with Crippen LogP contribution in [0.4, 0.5) is 4.39 Å². The van der Waals surface area contributed by atoms with Crippen molar-refractivity contribution in [3.05, 3.63) is 89.7 Å². The van der Waals surface area contributed by atoms with Gasteiger partial charge in [0.25, 0.3) is 5.91 Å². The van der Waals surface area contributed by atoms with E-state index in [1.54, 1.807) is 30.3 Å². The summed E-state index contributed by atoms with van der Waals surface area (Å²) >= 11 is 0. The molecule has 0 spiro atoms. The molecule has 2 amide bonds. The molecule has 0 radical (unpaired) electrons. The fourth-order valence-corrected chi connectivity index (χ4v) is 4.75. The number of halogens is 1. The second-order valence-electron chi connectivity index (χ2n) is 9.30. The third-order valence-electron chi connectivity index (χ3n) is 7.01. The molecule has 1 fully saturated rings. The van der Waals surface area contributed by atoms with Gasteiger partial charge >= 0.3 is 0 Å². The average molecular weight is 486 g/mol. The van der Waals surface area contributed by atoms with E-state index in [0.717, 1.165) is 18.4 Å². The van der Waals surface area contributed by atoms with Crippen molar-refractivity contribution < 1.29 is 18.4 Å². The Hall–Kier alpha value is -4.00. The molecule has 1 aromatic heterocycles. The van der Waals surface area contributed by atoms with E-state index < -0.39 is 0 Å². The summed E-state index contributed by atoms with van der Waals surface area (Å²) in [5.41, 5.74) is 3.20. The van der Waals surface area contributed by atoms with Gasteiger partial charge in [0.1, 0.15) is 11.3 Å². The number of carbonyl (C=O) groups is 2. The lowest BCUT2D eigenvalue weighted by molar-refractivity contribution is -0.126. The summed E-state index contributed by atoms with van der Waals surface area (Å²) in [6.45, 7) is 3.24. The van der Waals surface area contributed by atoms with Crippen LogP contribution in [0, 0.1) is 17.7 Å². The zero-order chi connectivity index (χ0) is 25.1. The van der Waals surface area contributed by atoms with Crippen molar-refractivity contribution in [1.29, 1.82) is 0 Å². The van der Waals surface area contributed by atoms with E-state index in [2.05, 4.69) is 10.3 Å². The third kappa shape index (κ3) is 5.00. The van der Waals surface area contributed by atoms with Crippen LogP contribution in [0.25, 0.3) is 22.6 Å². The Kier molecular flexibility index (Phi) is 6.80. The summed E-state index contributed by atoms with van der Waals surface area (Å²) in [7, 11) is 0. The van der Waals surface area contributed by atoms with Gasteiger partial charge in [-0.2, -0.15) is 0 Å². The van der Waals surface area contributed by atoms with Crippen molar-refractivity contribution in [3.8, 4) is 11.5 Å². The van der Waals surface area contributed by atoms with E-state index in [-0.39, 0.29) is 36.0 Å². The first-order chi connectivity index (χ1) is 17.5. The number of nitrogens with zero attached hydrogens (tertiary/aromatic N) is 2. The highest BCUT2D eigenvalue weighted by Gasteiger charge is 2.30. The minimum absolute atomic E-state index is 0.0512. The van der Waals surface area contributed by atoms with Gasteiger partial charge in [-0.05, 0) is 55.2 Å². The van der Waals surface area contributed by atoms with Crippen molar-refractivity contribution in [2.75, 3.05) is 13.1 Å². The van der Waals surface area contributed by atoms with Crippen molar-refractivity contribution in [1.82, 2.24) is 15.2 Å². The maximum Gasteiger partial charge on any atom is 0.253 e. The van der Waals surface area contributed by atoms with Gasteiger partial charge in [-0.3, -0.25) is 9.59 Å². The Bertz CT molecular complexity index is 1380. The molecular formula is C29H28FN3O3. The number of hydrogen-bond donors (Lipinski definition) is 1. The highest BCUT2D eigenvalue weighted by molar-refractivity contribution is 5.97. The monoisotopic (exact) mass is 485 g/mol. The Morgan fingerprint density at radius 1 is 1.06 bits per heavy atom. The number of hydrogen-bond acceptors (Lipinski definition) is 4. The van der Waals surface area contributed by atoms with E-state index in [4.69, 9.17) is 4.42 Å². The van der Waals surface area contributed by atoms with E-state index in [1.807, 2.05) is 48.2 Å². The molecule has 1 aliphatic rings. The molecule has 1 saturated heterocycles. The first kappa shape index (κ1) is 23.7. The summed E-state index contributed by atoms with van der Waals surface area (Å²) in [6, 6.07) is 21.4. The lowest BCUT2D eigenvalue weighted by Crippen LogP contribution is -2.42. The number of benzene rings is 3. The molecule has 7 heteroatoms. The Balaban J connectivity index is 1.18. The van der Waals surface area contributed by atoms with Crippen molar-refractivity contribution in [2.45, 2.75) is 26.3 Å². The Morgan fingerprint density at radius 2 is 1.78 bits per heavy atom. The summed E-state index contributed by atoms with van der Waals surface area (Å²) in [5.74, 6) is 0.0175. The van der Waals surface area contributed by atoms with E-state index in [9.17, 15) is 14.0 Å². The molecule has 0 bridgehead atoms. The molecule has 0 aliphatic carbocycles. The molecule has 6 nitrogen and oxygen atoms in total. The normalized spacial score (nSPS) is 15.1. The lowest BCUT2D eigenvalue weighted by atomic mass is 9.84. The maximum absolute atomic E-state index is 13.8. The molecule has 0 saturated carbocycles. The minimum atomic E-state index is -0.322. The standard InChI is InChI=1S/C29H28FN3O3/c1-19(27(34)31-18-23-9-5-6-10-24(23)30)20-13-15-33(16-14-20)29(35)22-11-12-25-26(17-22)36-28(32-25)21-7-3-2-4-8-21/h2-12,17,19-20H,13-16,18H2,1H3,(H,31,34). The number of oxazole rings is 1. The molecule has 1 atom stereocenters. The van der Waals surface area contributed by atoms with Gasteiger partial charge in [0.15, 0.2) is 5.58 Å². The second kappa shape index (κ2) is 10.3. The van der Waals surface area contributed by atoms with E-state index >= 15 is 0 Å². The zero-order valence-corrected chi connectivity index (χ0v) is 20.1. The van der Waals surface area contributed by atoms with Crippen LogP contribution in [0.15, 0.2) is 77.2 Å². The van der Waals surface area contributed by atoms with Gasteiger partial charge < -0.3 is 14.6 Å². The predicted octanol–water partition coefficient (Wildman–Crippen LogP) is 5.44. The second-order valence-corrected chi connectivity index (χ2v) is 9.30. The maximum atomic E-state index is 13.8. The minimum Gasteiger partial charge on any atom is -0.436 e. The predicted molar refractivity (Wildman–Crippen MR) is 135 cm³/mol. The largest absolute Gasteiger partial charge is 0.436 e. The van der Waals surface area contributed by atoms with Crippen LogP contribution in [0.5, 0.6) is 0 Å². The zero-order valence-electron chi connectivity index (χ0n) is 20.1. The number of carbonyl (C=O) groups excluding carboxylic acids is 2. The molecule has 2 heterocycles. The molecule has 5 rings (SSSR count). The molecule has 1 aliphatic heterocycles. The number of amides is 2. The molecule has 1 N–H and O–H groups in total. The fourth-order valence-electron chi connectivity index (χ4n) is 4.75.